The Kier molecular flexibility index (Phi) is 8.93. The van der Waals surface area contributed by atoms with Crippen molar-refractivity contribution in [1.29, 1.82) is 0 Å². The Morgan fingerprint density at radius 2 is 1.19 bits per heavy atom. The molecule has 0 bridgehead atoms. The number of pyridine rings is 2. The standard InChI is InChI=1S/C42H46N4O2/c1-27-17-35(18-28(2)31(27)5)39-21-33(9-13-43-39)24-45-15-11-37(12-16-45)46(38-7-8-41-42(23-38)48-26-47-41)25-34-10-14-44-40(22-34)36-19-29(3)32(6)30(4)20-36/h7-10,13-14,17-23,37H,11-12,15-16,24-26H2,1-6H3. The molecule has 0 N–H and O–H groups in total. The highest BCUT2D eigenvalue weighted by Gasteiger charge is 2.27. The van der Waals surface area contributed by atoms with Crippen LogP contribution in [-0.4, -0.2) is 40.8 Å². The maximum Gasteiger partial charge on any atom is 0.231 e. The molecule has 4 heterocycles. The Balaban J connectivity index is 1.09. The first-order chi connectivity index (χ1) is 23.2. The summed E-state index contributed by atoms with van der Waals surface area (Å²) in [5.74, 6) is 1.64. The largest absolute Gasteiger partial charge is 0.454 e. The minimum Gasteiger partial charge on any atom is -0.454 e. The SMILES string of the molecule is Cc1cc(-c2cc(CN3CCC(N(Cc4ccnc(-c5cc(C)c(C)c(C)c5)c4)c4ccc5c(c4)OCO5)CC3)ccn2)cc(C)c1C. The fourth-order valence-electron chi connectivity index (χ4n) is 7.17. The average Bonchev–Trinajstić information content (AvgIpc) is 3.57. The molecule has 3 aromatic carbocycles. The van der Waals surface area contributed by atoms with Crippen LogP contribution in [0.1, 0.15) is 57.3 Å². The van der Waals surface area contributed by atoms with Crippen molar-refractivity contribution in [3.05, 3.63) is 124 Å². The smallest absolute Gasteiger partial charge is 0.231 e. The summed E-state index contributed by atoms with van der Waals surface area (Å²) >= 11 is 0. The van der Waals surface area contributed by atoms with Crippen molar-refractivity contribution in [3.63, 3.8) is 0 Å². The first-order valence-corrected chi connectivity index (χ1v) is 17.2. The summed E-state index contributed by atoms with van der Waals surface area (Å²) in [4.78, 5) is 14.7. The topological polar surface area (TPSA) is 50.7 Å². The molecule has 2 aromatic heterocycles. The number of rotatable bonds is 8. The molecule has 5 aromatic rings. The van der Waals surface area contributed by atoms with Gasteiger partial charge in [0.05, 0.1) is 11.4 Å². The number of likely N-dealkylation sites (tertiary alicyclic amines) is 1. The van der Waals surface area contributed by atoms with Crippen molar-refractivity contribution < 1.29 is 9.47 Å². The predicted octanol–water partition coefficient (Wildman–Crippen LogP) is 9.06. The van der Waals surface area contributed by atoms with Gasteiger partial charge in [-0.3, -0.25) is 14.9 Å². The predicted molar refractivity (Wildman–Crippen MR) is 195 cm³/mol. The van der Waals surface area contributed by atoms with Gasteiger partial charge in [0.2, 0.25) is 6.79 Å². The van der Waals surface area contributed by atoms with Crippen molar-refractivity contribution in [1.82, 2.24) is 14.9 Å². The molecule has 0 radical (unpaired) electrons. The molecule has 2 aliphatic heterocycles. The van der Waals surface area contributed by atoms with Crippen LogP contribution in [0.3, 0.4) is 0 Å². The minimum absolute atomic E-state index is 0.278. The molecule has 0 aliphatic carbocycles. The fraction of sp³-hybridized carbons (Fsp3) is 0.333. The summed E-state index contributed by atoms with van der Waals surface area (Å²) in [6.07, 6.45) is 6.08. The number of piperidine rings is 1. The highest BCUT2D eigenvalue weighted by atomic mass is 16.7. The van der Waals surface area contributed by atoms with Gasteiger partial charge in [-0.1, -0.05) is 0 Å². The van der Waals surface area contributed by atoms with Crippen LogP contribution >= 0.6 is 0 Å². The monoisotopic (exact) mass is 638 g/mol. The van der Waals surface area contributed by atoms with Gasteiger partial charge in [-0.25, -0.2) is 0 Å². The third kappa shape index (κ3) is 6.67. The number of aromatic nitrogens is 2. The van der Waals surface area contributed by atoms with E-state index in [2.05, 4.69) is 112 Å². The Labute approximate surface area is 285 Å². The van der Waals surface area contributed by atoms with E-state index in [-0.39, 0.29) is 6.79 Å². The van der Waals surface area contributed by atoms with Crippen LogP contribution in [0.2, 0.25) is 0 Å². The first kappa shape index (κ1) is 31.9. The molecular weight excluding hydrogens is 592 g/mol. The van der Waals surface area contributed by atoms with Gasteiger partial charge in [0, 0.05) is 67.5 Å². The molecule has 0 atom stereocenters. The van der Waals surface area contributed by atoms with Crippen molar-refractivity contribution in [3.8, 4) is 34.0 Å². The van der Waals surface area contributed by atoms with E-state index in [4.69, 9.17) is 19.4 Å². The molecule has 246 valence electrons. The molecule has 6 nitrogen and oxygen atoms in total. The number of fused-ring (bicyclic) bond motifs is 1. The number of hydrogen-bond donors (Lipinski definition) is 0. The molecule has 1 fully saturated rings. The highest BCUT2D eigenvalue weighted by Crippen LogP contribution is 2.38. The molecule has 1 saturated heterocycles. The molecule has 0 spiro atoms. The van der Waals surface area contributed by atoms with Gasteiger partial charge in [-0.15, -0.1) is 0 Å². The number of hydrogen-bond acceptors (Lipinski definition) is 6. The third-order valence-electron chi connectivity index (χ3n) is 10.5. The maximum absolute atomic E-state index is 5.81. The van der Waals surface area contributed by atoms with Crippen LogP contribution in [0.4, 0.5) is 5.69 Å². The van der Waals surface area contributed by atoms with Gasteiger partial charge in [0.1, 0.15) is 0 Å². The van der Waals surface area contributed by atoms with Crippen LogP contribution in [0.5, 0.6) is 11.5 Å². The Bertz CT molecular complexity index is 1910. The number of nitrogens with zero attached hydrogens (tertiary/aromatic N) is 4. The summed E-state index contributed by atoms with van der Waals surface area (Å²) in [6.45, 7) is 17.2. The lowest BCUT2D eigenvalue weighted by Gasteiger charge is -2.40. The second kappa shape index (κ2) is 13.4. The van der Waals surface area contributed by atoms with E-state index >= 15 is 0 Å². The molecule has 2 aliphatic rings. The van der Waals surface area contributed by atoms with Crippen LogP contribution in [0, 0.1) is 41.5 Å². The van der Waals surface area contributed by atoms with Gasteiger partial charge in [-0.2, -0.15) is 0 Å². The average molecular weight is 639 g/mol. The molecule has 0 saturated carbocycles. The normalized spacial score (nSPS) is 14.8. The van der Waals surface area contributed by atoms with Crippen LogP contribution in [-0.2, 0) is 13.1 Å². The van der Waals surface area contributed by atoms with Crippen molar-refractivity contribution >= 4 is 5.69 Å². The quantitative estimate of drug-likeness (QED) is 0.169. The molecule has 0 amide bonds. The van der Waals surface area contributed by atoms with E-state index < -0.39 is 0 Å². The lowest BCUT2D eigenvalue weighted by atomic mass is 9.97. The second-order valence-electron chi connectivity index (χ2n) is 13.7. The zero-order valence-corrected chi connectivity index (χ0v) is 29.1. The minimum atomic E-state index is 0.278. The van der Waals surface area contributed by atoms with E-state index in [1.54, 1.807) is 0 Å². The number of ether oxygens (including phenoxy) is 2. The van der Waals surface area contributed by atoms with Crippen molar-refractivity contribution in [2.75, 3.05) is 24.8 Å². The zero-order valence-electron chi connectivity index (χ0n) is 29.1. The molecule has 0 unspecified atom stereocenters. The Morgan fingerprint density at radius 3 is 1.79 bits per heavy atom. The van der Waals surface area contributed by atoms with E-state index in [1.165, 1.54) is 61.3 Å². The molecule has 48 heavy (non-hydrogen) atoms. The van der Waals surface area contributed by atoms with Gasteiger partial charge in [-0.05, 0) is 160 Å². The second-order valence-corrected chi connectivity index (χ2v) is 13.7. The summed E-state index contributed by atoms with van der Waals surface area (Å²) < 4.78 is 11.5. The lowest BCUT2D eigenvalue weighted by molar-refractivity contribution is 0.174. The van der Waals surface area contributed by atoms with E-state index in [9.17, 15) is 0 Å². The number of anilines is 1. The van der Waals surface area contributed by atoms with Crippen LogP contribution in [0.15, 0.2) is 79.1 Å². The fourth-order valence-corrected chi connectivity index (χ4v) is 7.17. The lowest BCUT2D eigenvalue weighted by Crippen LogP contribution is -2.44. The van der Waals surface area contributed by atoms with Gasteiger partial charge >= 0.3 is 0 Å². The molecular formula is C42H46N4O2. The van der Waals surface area contributed by atoms with E-state index in [0.717, 1.165) is 61.9 Å². The van der Waals surface area contributed by atoms with E-state index in [1.807, 2.05) is 18.5 Å². The maximum atomic E-state index is 5.81. The Hall–Kier alpha value is -4.68. The summed E-state index contributed by atoms with van der Waals surface area (Å²) in [5, 5.41) is 0. The number of aryl methyl sites for hydroxylation is 4. The van der Waals surface area contributed by atoms with Crippen LogP contribution < -0.4 is 14.4 Å². The van der Waals surface area contributed by atoms with Crippen LogP contribution in [0.25, 0.3) is 22.5 Å². The van der Waals surface area contributed by atoms with E-state index in [0.29, 0.717) is 6.04 Å². The van der Waals surface area contributed by atoms with Crippen molar-refractivity contribution in [2.24, 2.45) is 0 Å². The van der Waals surface area contributed by atoms with Gasteiger partial charge < -0.3 is 14.4 Å². The van der Waals surface area contributed by atoms with Gasteiger partial charge in [0.15, 0.2) is 11.5 Å². The third-order valence-corrected chi connectivity index (χ3v) is 10.5. The molecule has 7 rings (SSSR count). The molecule has 6 heteroatoms. The van der Waals surface area contributed by atoms with Gasteiger partial charge in [0.25, 0.3) is 0 Å². The Morgan fingerprint density at radius 1 is 0.646 bits per heavy atom. The number of benzene rings is 3. The summed E-state index contributed by atoms with van der Waals surface area (Å²) in [6, 6.07) is 24.7. The summed E-state index contributed by atoms with van der Waals surface area (Å²) in [5.41, 5.74) is 16.1. The first-order valence-electron chi connectivity index (χ1n) is 17.2. The van der Waals surface area contributed by atoms with Crippen molar-refractivity contribution in [2.45, 2.75) is 73.5 Å². The highest BCUT2D eigenvalue weighted by molar-refractivity contribution is 5.65. The summed E-state index contributed by atoms with van der Waals surface area (Å²) in [7, 11) is 0. The zero-order chi connectivity index (χ0) is 33.4.